The monoisotopic (exact) mass is 301 g/mol. The lowest BCUT2D eigenvalue weighted by atomic mass is 9.99. The molecule has 1 N–H and O–H groups in total. The van der Waals surface area contributed by atoms with E-state index in [-0.39, 0.29) is 0 Å². The third-order valence-electron chi connectivity index (χ3n) is 4.09. The van der Waals surface area contributed by atoms with Gasteiger partial charge in [0.25, 0.3) is 0 Å². The van der Waals surface area contributed by atoms with Crippen LogP contribution >= 0.6 is 11.9 Å². The molecule has 0 saturated carbocycles. The van der Waals surface area contributed by atoms with E-state index in [9.17, 15) is 0 Å². The number of hydrogen-bond acceptors (Lipinski definition) is 4. The Morgan fingerprint density at radius 3 is 2.00 bits per heavy atom. The topological polar surface area (TPSA) is 36.8 Å². The van der Waals surface area contributed by atoms with E-state index in [4.69, 9.17) is 0 Å². The van der Waals surface area contributed by atoms with Gasteiger partial charge in [0.1, 0.15) is 5.69 Å². The van der Waals surface area contributed by atoms with E-state index in [0.29, 0.717) is 0 Å². The van der Waals surface area contributed by atoms with Crippen LogP contribution in [0.5, 0.6) is 0 Å². The van der Waals surface area contributed by atoms with Crippen LogP contribution in [0.25, 0.3) is 32.3 Å². The van der Waals surface area contributed by atoms with Crippen LogP contribution in [0.3, 0.4) is 0 Å². The van der Waals surface area contributed by atoms with Crippen molar-refractivity contribution in [2.45, 2.75) is 4.90 Å². The lowest BCUT2D eigenvalue weighted by Crippen LogP contribution is -1.94. The number of nitrogens with one attached hydrogen (secondary N) is 1. The van der Waals surface area contributed by atoms with E-state index in [1.807, 2.05) is 0 Å². The third kappa shape index (κ3) is 1.77. The van der Waals surface area contributed by atoms with Gasteiger partial charge in [-0.15, -0.1) is 5.11 Å². The van der Waals surface area contributed by atoms with Gasteiger partial charge in [-0.05, 0) is 68.7 Å². The van der Waals surface area contributed by atoms with Gasteiger partial charge in [-0.3, -0.25) is 0 Å². The van der Waals surface area contributed by atoms with Crippen LogP contribution in [0, 0.1) is 0 Å². The summed E-state index contributed by atoms with van der Waals surface area (Å²) in [6.45, 7) is 0. The summed E-state index contributed by atoms with van der Waals surface area (Å²) in [5.41, 5.74) is 0.927. The molecular weight excluding hydrogens is 290 g/mol. The summed E-state index contributed by atoms with van der Waals surface area (Å²) in [4.78, 5) is 3.96. The molecule has 1 aliphatic rings. The van der Waals surface area contributed by atoms with E-state index in [0.717, 1.165) is 10.6 Å². The molecule has 4 aromatic rings. The molecule has 0 fully saturated rings. The first-order chi connectivity index (χ1) is 10.9. The van der Waals surface area contributed by atoms with E-state index < -0.39 is 0 Å². The lowest BCUT2D eigenvalue weighted by Gasteiger charge is -2.11. The van der Waals surface area contributed by atoms with Gasteiger partial charge in [0, 0.05) is 11.9 Å². The molecule has 0 saturated heterocycles. The fraction of sp³-hybridized carbons (Fsp3) is 0. The summed E-state index contributed by atoms with van der Waals surface area (Å²) < 4.78 is 0. The average Bonchev–Trinajstić information content (AvgIpc) is 2.56. The molecule has 0 amide bonds. The summed E-state index contributed by atoms with van der Waals surface area (Å²) in [7, 11) is 0. The highest BCUT2D eigenvalue weighted by molar-refractivity contribution is 7.97. The highest BCUT2D eigenvalue weighted by atomic mass is 32.2. The summed E-state index contributed by atoms with van der Waals surface area (Å²) in [6.07, 6.45) is 0. The molecule has 3 nitrogen and oxygen atoms in total. The van der Waals surface area contributed by atoms with E-state index in [2.05, 4.69) is 75.8 Å². The molecule has 5 rings (SSSR count). The molecule has 0 spiro atoms. The Kier molecular flexibility index (Phi) is 2.43. The highest BCUT2D eigenvalue weighted by Crippen LogP contribution is 2.37. The second kappa shape index (κ2) is 4.45. The molecule has 0 aliphatic carbocycles. The second-order valence-corrected chi connectivity index (χ2v) is 6.29. The van der Waals surface area contributed by atoms with Crippen molar-refractivity contribution < 1.29 is 0 Å². The molecule has 4 heteroatoms. The quantitative estimate of drug-likeness (QED) is 0.331. The minimum absolute atomic E-state index is 0.927. The number of fused-ring (bicyclic) bond motifs is 4. The SMILES string of the molecule is c1ccc2cc3cc4cc5c(cc4cc3cc2c1)N=NNS5. The van der Waals surface area contributed by atoms with E-state index in [1.165, 1.54) is 44.3 Å². The molecule has 0 radical (unpaired) electrons. The maximum Gasteiger partial charge on any atom is 0.103 e. The fourth-order valence-electron chi connectivity index (χ4n) is 3.01. The molecule has 0 aromatic heterocycles. The normalized spacial score (nSPS) is 13.5. The highest BCUT2D eigenvalue weighted by Gasteiger charge is 2.10. The van der Waals surface area contributed by atoms with Crippen molar-refractivity contribution in [3.63, 3.8) is 0 Å². The summed E-state index contributed by atoms with van der Waals surface area (Å²) in [5, 5.41) is 15.5. The Hall–Kier alpha value is -2.59. The van der Waals surface area contributed by atoms with Crippen LogP contribution in [-0.4, -0.2) is 0 Å². The van der Waals surface area contributed by atoms with Gasteiger partial charge in [-0.25, -0.2) is 4.83 Å². The van der Waals surface area contributed by atoms with Crippen LogP contribution in [0.1, 0.15) is 0 Å². The summed E-state index contributed by atoms with van der Waals surface area (Å²) in [5.74, 6) is 0. The van der Waals surface area contributed by atoms with Gasteiger partial charge >= 0.3 is 0 Å². The van der Waals surface area contributed by atoms with Crippen LogP contribution < -0.4 is 4.83 Å². The second-order valence-electron chi connectivity index (χ2n) is 5.46. The Morgan fingerprint density at radius 1 is 0.682 bits per heavy atom. The van der Waals surface area contributed by atoms with Crippen LogP contribution in [-0.2, 0) is 0 Å². The van der Waals surface area contributed by atoms with E-state index >= 15 is 0 Å². The molecule has 1 aliphatic heterocycles. The first kappa shape index (κ1) is 12.0. The maximum atomic E-state index is 4.17. The Morgan fingerprint density at radius 2 is 1.27 bits per heavy atom. The van der Waals surface area contributed by atoms with Crippen molar-refractivity contribution >= 4 is 50.0 Å². The van der Waals surface area contributed by atoms with Crippen LogP contribution in [0.4, 0.5) is 5.69 Å². The summed E-state index contributed by atoms with van der Waals surface area (Å²) in [6, 6.07) is 21.8. The standard InChI is InChI=1S/C18H11N3S/c1-2-4-12-6-14-8-16-10-18-17(19-20-21-22-18)9-15(16)7-13(14)5-11(12)3-1/h1-10H,(H,19,21). The van der Waals surface area contributed by atoms with Gasteiger partial charge in [0.15, 0.2) is 0 Å². The summed E-state index contributed by atoms with van der Waals surface area (Å²) >= 11 is 1.50. The average molecular weight is 301 g/mol. The van der Waals surface area contributed by atoms with Crippen molar-refractivity contribution in [1.82, 2.24) is 4.83 Å². The predicted molar refractivity (Wildman–Crippen MR) is 92.5 cm³/mol. The number of rotatable bonds is 0. The molecule has 104 valence electrons. The number of hydrogen-bond donors (Lipinski definition) is 1. The third-order valence-corrected chi connectivity index (χ3v) is 4.81. The first-order valence-corrected chi connectivity index (χ1v) is 7.91. The van der Waals surface area contributed by atoms with Gasteiger partial charge < -0.3 is 0 Å². The van der Waals surface area contributed by atoms with Crippen LogP contribution in [0.2, 0.25) is 0 Å². The van der Waals surface area contributed by atoms with Crippen molar-refractivity contribution in [1.29, 1.82) is 0 Å². The zero-order valence-electron chi connectivity index (χ0n) is 11.6. The smallest absolute Gasteiger partial charge is 0.103 e. The van der Waals surface area contributed by atoms with Gasteiger partial charge in [0.05, 0.1) is 4.90 Å². The van der Waals surface area contributed by atoms with Gasteiger partial charge in [-0.2, -0.15) is 0 Å². The van der Waals surface area contributed by atoms with Crippen molar-refractivity contribution in [3.8, 4) is 0 Å². The largest absolute Gasteiger partial charge is 0.228 e. The first-order valence-electron chi connectivity index (χ1n) is 7.10. The molecular formula is C18H11N3S. The minimum atomic E-state index is 0.927. The Bertz CT molecular complexity index is 1090. The Balaban J connectivity index is 1.87. The lowest BCUT2D eigenvalue weighted by molar-refractivity contribution is 0.946. The van der Waals surface area contributed by atoms with Gasteiger partial charge in [0.2, 0.25) is 0 Å². The molecule has 0 unspecified atom stereocenters. The van der Waals surface area contributed by atoms with Crippen molar-refractivity contribution in [2.24, 2.45) is 10.3 Å². The van der Waals surface area contributed by atoms with Gasteiger partial charge in [-0.1, -0.05) is 29.5 Å². The van der Waals surface area contributed by atoms with E-state index in [1.54, 1.807) is 0 Å². The molecule has 0 atom stereocenters. The molecule has 0 bridgehead atoms. The predicted octanol–water partition coefficient (Wildman–Crippen LogP) is 5.76. The zero-order chi connectivity index (χ0) is 14.5. The molecule has 1 heterocycles. The fourth-order valence-corrected chi connectivity index (χ4v) is 3.58. The van der Waals surface area contributed by atoms with Crippen molar-refractivity contribution in [3.05, 3.63) is 60.7 Å². The number of benzene rings is 4. The minimum Gasteiger partial charge on any atom is -0.228 e. The van der Waals surface area contributed by atoms with Crippen molar-refractivity contribution in [2.75, 3.05) is 0 Å². The Labute approximate surface area is 131 Å². The number of nitrogens with zero attached hydrogens (tertiary/aromatic N) is 2. The zero-order valence-corrected chi connectivity index (χ0v) is 12.4. The van der Waals surface area contributed by atoms with Crippen LogP contribution in [0.15, 0.2) is 75.9 Å². The molecule has 4 aromatic carbocycles. The molecule has 22 heavy (non-hydrogen) atoms. The maximum absolute atomic E-state index is 4.17.